The highest BCUT2D eigenvalue weighted by atomic mass is 16.1. The Labute approximate surface area is 93.8 Å². The molecule has 0 bridgehead atoms. The van der Waals surface area contributed by atoms with E-state index in [0.29, 0.717) is 18.5 Å². The fraction of sp³-hybridized carbons (Fsp3) is 0.900. The van der Waals surface area contributed by atoms with Crippen molar-refractivity contribution in [3.8, 4) is 0 Å². The molecule has 4 N–H and O–H groups in total. The van der Waals surface area contributed by atoms with Crippen LogP contribution in [0.4, 0.5) is 0 Å². The van der Waals surface area contributed by atoms with Crippen LogP contribution in [0.5, 0.6) is 0 Å². The summed E-state index contributed by atoms with van der Waals surface area (Å²) in [5.41, 5.74) is 5.17. The minimum Gasteiger partial charge on any atom is -0.368 e. The van der Waals surface area contributed by atoms with E-state index in [9.17, 15) is 4.79 Å². The van der Waals surface area contributed by atoms with Gasteiger partial charge in [-0.15, -0.1) is 0 Å². The number of hydrogen-bond donors (Lipinski definition) is 3. The maximum atomic E-state index is 10.9. The number of nitrogens with two attached hydrogens (primary N) is 1. The van der Waals surface area contributed by atoms with Crippen LogP contribution in [0.3, 0.4) is 0 Å². The number of hydrogen-bond acceptors (Lipinski definition) is 3. The molecule has 4 nitrogen and oxygen atoms in total. The summed E-state index contributed by atoms with van der Waals surface area (Å²) < 4.78 is 0. The number of rotatable bonds is 8. The molecule has 0 aromatic carbocycles. The molecule has 0 saturated carbocycles. The summed E-state index contributed by atoms with van der Waals surface area (Å²) in [6.07, 6.45) is 1.30. The van der Waals surface area contributed by atoms with Crippen LogP contribution in [0.15, 0.2) is 0 Å². The number of amides is 1. The van der Waals surface area contributed by atoms with Crippen molar-refractivity contribution >= 4 is 13.8 Å². The molecule has 86 valence electrons. The summed E-state index contributed by atoms with van der Waals surface area (Å²) in [5, 5.41) is 6.26. The Hall–Kier alpha value is -0.545. The minimum atomic E-state index is -0.423. The van der Waals surface area contributed by atoms with E-state index < -0.39 is 11.9 Å². The van der Waals surface area contributed by atoms with E-state index in [1.54, 1.807) is 0 Å². The average molecular weight is 211 g/mol. The van der Waals surface area contributed by atoms with Crippen molar-refractivity contribution < 1.29 is 4.79 Å². The second-order valence-electron chi connectivity index (χ2n) is 4.21. The molecule has 0 aromatic heterocycles. The van der Waals surface area contributed by atoms with Crippen LogP contribution in [0.1, 0.15) is 20.3 Å². The van der Waals surface area contributed by atoms with Crippen LogP contribution in [0, 0.1) is 5.92 Å². The number of primary amides is 1. The van der Waals surface area contributed by atoms with E-state index in [4.69, 9.17) is 13.6 Å². The molecule has 2 radical (unpaired) electrons. The van der Waals surface area contributed by atoms with Crippen LogP contribution in [0.25, 0.3) is 0 Å². The lowest BCUT2D eigenvalue weighted by Gasteiger charge is -2.21. The van der Waals surface area contributed by atoms with E-state index in [1.165, 1.54) is 0 Å². The van der Waals surface area contributed by atoms with Crippen molar-refractivity contribution in [2.24, 2.45) is 11.7 Å². The number of carbonyl (C=O) groups excluding carboxylic acids is 1. The van der Waals surface area contributed by atoms with E-state index in [0.717, 1.165) is 6.42 Å². The van der Waals surface area contributed by atoms with Gasteiger partial charge in [0.25, 0.3) is 0 Å². The Morgan fingerprint density at radius 1 is 1.47 bits per heavy atom. The van der Waals surface area contributed by atoms with Gasteiger partial charge in [0.1, 0.15) is 0 Å². The zero-order valence-electron chi connectivity index (χ0n) is 9.92. The summed E-state index contributed by atoms with van der Waals surface area (Å²) in [7, 11) is 7.33. The number of nitrogens with one attached hydrogen (secondary N) is 2. The quantitative estimate of drug-likeness (QED) is 0.481. The molecular formula is C10H22BN3O. The molecule has 2 atom stereocenters. The minimum absolute atomic E-state index is 0.243. The van der Waals surface area contributed by atoms with Gasteiger partial charge in [0.15, 0.2) is 0 Å². The summed E-state index contributed by atoms with van der Waals surface area (Å²) >= 11 is 0. The molecule has 5 heteroatoms. The van der Waals surface area contributed by atoms with Gasteiger partial charge in [-0.05, 0) is 19.4 Å². The zero-order valence-corrected chi connectivity index (χ0v) is 9.92. The molecule has 0 fully saturated rings. The molecule has 0 aliphatic heterocycles. The molecule has 1 unspecified atom stereocenters. The number of carbonyl (C=O) groups is 1. The Bertz CT molecular complexity index is 188. The lowest BCUT2D eigenvalue weighted by molar-refractivity contribution is -0.119. The molecule has 0 saturated heterocycles. The topological polar surface area (TPSA) is 67.2 Å². The monoisotopic (exact) mass is 211 g/mol. The molecule has 0 aliphatic rings. The highest BCUT2D eigenvalue weighted by Gasteiger charge is 2.14. The van der Waals surface area contributed by atoms with Crippen LogP contribution >= 0.6 is 0 Å². The standard InChI is InChI=1S/C10H22BN3O/c1-7(2)4-8(13-3)6-14-9(5-11)10(12)15/h7-9,13-14H,4-6H2,1-3H3,(H2,12,15)/t8-,9?/m0/s1. The van der Waals surface area contributed by atoms with Crippen molar-refractivity contribution in [2.75, 3.05) is 13.6 Å². The molecule has 0 rings (SSSR count). The summed E-state index contributed by atoms with van der Waals surface area (Å²) in [4.78, 5) is 10.9. The van der Waals surface area contributed by atoms with E-state index in [2.05, 4.69) is 24.5 Å². The van der Waals surface area contributed by atoms with Gasteiger partial charge in [0.2, 0.25) is 5.91 Å². The second kappa shape index (κ2) is 7.71. The summed E-state index contributed by atoms with van der Waals surface area (Å²) in [5.74, 6) is 0.228. The first-order chi connectivity index (χ1) is 7.01. The average Bonchev–Trinajstić information content (AvgIpc) is 2.15. The van der Waals surface area contributed by atoms with Gasteiger partial charge in [-0.3, -0.25) is 4.79 Å². The van der Waals surface area contributed by atoms with Crippen LogP contribution in [-0.2, 0) is 4.79 Å². The second-order valence-corrected chi connectivity index (χ2v) is 4.21. The highest BCUT2D eigenvalue weighted by molar-refractivity contribution is 6.11. The van der Waals surface area contributed by atoms with Gasteiger partial charge in [-0.1, -0.05) is 20.2 Å². The Kier molecular flexibility index (Phi) is 7.43. The van der Waals surface area contributed by atoms with Gasteiger partial charge < -0.3 is 16.4 Å². The SMILES string of the molecule is [B]CC(NC[C@H](CC(C)C)NC)C(N)=O. The van der Waals surface area contributed by atoms with Crippen LogP contribution < -0.4 is 16.4 Å². The lowest BCUT2D eigenvalue weighted by Crippen LogP contribution is -2.47. The first-order valence-electron chi connectivity index (χ1n) is 5.41. The fourth-order valence-electron chi connectivity index (χ4n) is 1.46. The Morgan fingerprint density at radius 2 is 2.07 bits per heavy atom. The van der Waals surface area contributed by atoms with Crippen molar-refractivity contribution in [2.45, 2.75) is 38.7 Å². The van der Waals surface area contributed by atoms with E-state index >= 15 is 0 Å². The zero-order chi connectivity index (χ0) is 11.8. The third kappa shape index (κ3) is 6.52. The van der Waals surface area contributed by atoms with Gasteiger partial charge in [0, 0.05) is 12.6 Å². The van der Waals surface area contributed by atoms with Crippen LogP contribution in [-0.4, -0.2) is 39.4 Å². The molecule has 1 amide bonds. The van der Waals surface area contributed by atoms with Crippen molar-refractivity contribution in [1.82, 2.24) is 10.6 Å². The third-order valence-electron chi connectivity index (χ3n) is 2.35. The first-order valence-corrected chi connectivity index (χ1v) is 5.41. The molecule has 0 heterocycles. The third-order valence-corrected chi connectivity index (χ3v) is 2.35. The van der Waals surface area contributed by atoms with E-state index in [-0.39, 0.29) is 6.32 Å². The highest BCUT2D eigenvalue weighted by Crippen LogP contribution is 2.03. The van der Waals surface area contributed by atoms with Gasteiger partial charge in [0.05, 0.1) is 13.9 Å². The predicted molar refractivity (Wildman–Crippen MR) is 63.8 cm³/mol. The van der Waals surface area contributed by atoms with Crippen LogP contribution in [0.2, 0.25) is 6.32 Å². The smallest absolute Gasteiger partial charge is 0.233 e. The molecule has 0 aromatic rings. The van der Waals surface area contributed by atoms with E-state index in [1.807, 2.05) is 7.05 Å². The van der Waals surface area contributed by atoms with Gasteiger partial charge >= 0.3 is 0 Å². The summed E-state index contributed by atoms with van der Waals surface area (Å²) in [6, 6.07) is -0.0774. The Morgan fingerprint density at radius 3 is 2.40 bits per heavy atom. The maximum Gasteiger partial charge on any atom is 0.233 e. The normalized spacial score (nSPS) is 15.2. The Balaban J connectivity index is 3.92. The molecule has 0 aliphatic carbocycles. The predicted octanol–water partition coefficient (Wildman–Crippen LogP) is -0.349. The molecule has 15 heavy (non-hydrogen) atoms. The largest absolute Gasteiger partial charge is 0.368 e. The number of likely N-dealkylation sites (N-methyl/N-ethyl adjacent to an activating group) is 1. The van der Waals surface area contributed by atoms with Crippen molar-refractivity contribution in [3.63, 3.8) is 0 Å². The lowest BCUT2D eigenvalue weighted by atomic mass is 9.96. The van der Waals surface area contributed by atoms with Crippen molar-refractivity contribution in [3.05, 3.63) is 0 Å². The summed E-state index contributed by atoms with van der Waals surface area (Å²) in [6.45, 7) is 5.04. The van der Waals surface area contributed by atoms with Crippen molar-refractivity contribution in [1.29, 1.82) is 0 Å². The van der Waals surface area contributed by atoms with Gasteiger partial charge in [-0.2, -0.15) is 0 Å². The first kappa shape index (κ1) is 14.5. The molecule has 0 spiro atoms. The molecular weight excluding hydrogens is 189 g/mol. The van der Waals surface area contributed by atoms with Gasteiger partial charge in [-0.25, -0.2) is 0 Å². The maximum absolute atomic E-state index is 10.9. The fourth-order valence-corrected chi connectivity index (χ4v) is 1.46.